The van der Waals surface area contributed by atoms with Crippen molar-refractivity contribution in [2.45, 2.75) is 38.8 Å². The van der Waals surface area contributed by atoms with E-state index in [-0.39, 0.29) is 24.1 Å². The van der Waals surface area contributed by atoms with E-state index in [0.29, 0.717) is 6.42 Å². The third-order valence-corrected chi connectivity index (χ3v) is 3.58. The summed E-state index contributed by atoms with van der Waals surface area (Å²) in [4.78, 5) is 14.5. The quantitative estimate of drug-likeness (QED) is 0.867. The van der Waals surface area contributed by atoms with Crippen LogP contribution in [0, 0.1) is 6.92 Å². The van der Waals surface area contributed by atoms with Gasteiger partial charge in [-0.05, 0) is 44.9 Å². The van der Waals surface area contributed by atoms with Crippen molar-refractivity contribution in [3.63, 3.8) is 0 Å². The molecule has 1 amide bonds. The summed E-state index contributed by atoms with van der Waals surface area (Å²) < 4.78 is 0. The van der Waals surface area contributed by atoms with Crippen molar-refractivity contribution in [2.75, 3.05) is 18.1 Å². The number of nitrogens with one attached hydrogen (secondary N) is 1. The summed E-state index contributed by atoms with van der Waals surface area (Å²) in [6.45, 7) is 6.86. The molecule has 1 saturated heterocycles. The van der Waals surface area contributed by atoms with Crippen LogP contribution in [0.25, 0.3) is 0 Å². The Labute approximate surface area is 114 Å². The zero-order valence-electron chi connectivity index (χ0n) is 11.8. The molecule has 0 saturated carbocycles. The number of hydrogen-bond acceptors (Lipinski definition) is 3. The van der Waals surface area contributed by atoms with Crippen molar-refractivity contribution < 1.29 is 9.90 Å². The standard InChI is InChI=1S/C15H22N2O2/c1-11-5-4-6-12(9-11)17-14(19)13(7-8-18)16-10-15(17,2)3/h4-6,9,13,16,18H,7-8,10H2,1-3H3. The fraction of sp³-hybridized carbons (Fsp3) is 0.533. The van der Waals surface area contributed by atoms with Gasteiger partial charge in [0, 0.05) is 18.8 Å². The zero-order chi connectivity index (χ0) is 14.0. The number of amides is 1. The minimum Gasteiger partial charge on any atom is -0.396 e. The largest absolute Gasteiger partial charge is 0.396 e. The maximum Gasteiger partial charge on any atom is 0.244 e. The number of aryl methyl sites for hydroxylation is 1. The molecule has 1 aliphatic heterocycles. The van der Waals surface area contributed by atoms with Crippen molar-refractivity contribution in [1.82, 2.24) is 5.32 Å². The number of aliphatic hydroxyl groups is 1. The number of anilines is 1. The Balaban J connectivity index is 2.35. The maximum absolute atomic E-state index is 12.6. The highest BCUT2D eigenvalue weighted by Gasteiger charge is 2.40. The van der Waals surface area contributed by atoms with Crippen LogP contribution in [-0.2, 0) is 4.79 Å². The molecule has 0 aliphatic carbocycles. The molecule has 4 nitrogen and oxygen atoms in total. The van der Waals surface area contributed by atoms with Gasteiger partial charge in [-0.25, -0.2) is 0 Å². The normalized spacial score (nSPS) is 22.6. The topological polar surface area (TPSA) is 52.6 Å². The monoisotopic (exact) mass is 262 g/mol. The van der Waals surface area contributed by atoms with Crippen LogP contribution in [0.15, 0.2) is 24.3 Å². The zero-order valence-corrected chi connectivity index (χ0v) is 11.8. The molecule has 1 aromatic rings. The van der Waals surface area contributed by atoms with Crippen LogP contribution in [0.5, 0.6) is 0 Å². The number of carbonyl (C=O) groups excluding carboxylic acids is 1. The molecule has 0 spiro atoms. The average molecular weight is 262 g/mol. The molecule has 0 bridgehead atoms. The predicted molar refractivity (Wildman–Crippen MR) is 76.2 cm³/mol. The Kier molecular flexibility index (Phi) is 3.92. The molecule has 1 unspecified atom stereocenters. The molecule has 0 aromatic heterocycles. The molecule has 2 rings (SSSR count). The SMILES string of the molecule is Cc1cccc(N2C(=O)C(CCO)NCC2(C)C)c1. The number of aliphatic hydroxyl groups excluding tert-OH is 1. The number of benzene rings is 1. The Morgan fingerprint density at radius 1 is 1.47 bits per heavy atom. The molecule has 2 N–H and O–H groups in total. The van der Waals surface area contributed by atoms with E-state index in [0.717, 1.165) is 17.8 Å². The maximum atomic E-state index is 12.6. The number of carbonyl (C=O) groups is 1. The number of piperazine rings is 1. The van der Waals surface area contributed by atoms with Crippen LogP contribution < -0.4 is 10.2 Å². The van der Waals surface area contributed by atoms with Gasteiger partial charge in [0.1, 0.15) is 0 Å². The minimum atomic E-state index is -0.293. The van der Waals surface area contributed by atoms with Gasteiger partial charge >= 0.3 is 0 Å². The first-order chi connectivity index (χ1) is 8.95. The van der Waals surface area contributed by atoms with Gasteiger partial charge in [-0.2, -0.15) is 0 Å². The van der Waals surface area contributed by atoms with Crippen LogP contribution in [0.1, 0.15) is 25.8 Å². The second-order valence-corrected chi connectivity index (χ2v) is 5.77. The van der Waals surface area contributed by atoms with Gasteiger partial charge in [0.05, 0.1) is 11.6 Å². The summed E-state index contributed by atoms with van der Waals surface area (Å²) in [5.41, 5.74) is 1.80. The lowest BCUT2D eigenvalue weighted by molar-refractivity contribution is -0.123. The van der Waals surface area contributed by atoms with E-state index in [4.69, 9.17) is 5.11 Å². The number of rotatable bonds is 3. The van der Waals surface area contributed by atoms with Crippen molar-refractivity contribution in [1.29, 1.82) is 0 Å². The predicted octanol–water partition coefficient (Wildman–Crippen LogP) is 1.46. The van der Waals surface area contributed by atoms with Gasteiger partial charge in [-0.15, -0.1) is 0 Å². The van der Waals surface area contributed by atoms with Crippen LogP contribution in [-0.4, -0.2) is 35.7 Å². The second-order valence-electron chi connectivity index (χ2n) is 5.77. The summed E-state index contributed by atoms with van der Waals surface area (Å²) >= 11 is 0. The smallest absolute Gasteiger partial charge is 0.244 e. The van der Waals surface area contributed by atoms with E-state index in [2.05, 4.69) is 19.2 Å². The Morgan fingerprint density at radius 2 is 2.21 bits per heavy atom. The highest BCUT2D eigenvalue weighted by molar-refractivity contribution is 5.99. The Bertz CT molecular complexity index is 471. The molecule has 104 valence electrons. The summed E-state index contributed by atoms with van der Waals surface area (Å²) in [6, 6.07) is 7.69. The highest BCUT2D eigenvalue weighted by atomic mass is 16.3. The first-order valence-corrected chi connectivity index (χ1v) is 6.71. The molecule has 1 atom stereocenters. The minimum absolute atomic E-state index is 0.0193. The van der Waals surface area contributed by atoms with Gasteiger partial charge < -0.3 is 15.3 Å². The lowest BCUT2D eigenvalue weighted by Gasteiger charge is -2.45. The van der Waals surface area contributed by atoms with Crippen molar-refractivity contribution >= 4 is 11.6 Å². The molecule has 1 aliphatic rings. The molecular formula is C15H22N2O2. The summed E-state index contributed by atoms with van der Waals surface area (Å²) in [5, 5.41) is 12.3. The lowest BCUT2D eigenvalue weighted by atomic mass is 9.94. The molecule has 1 heterocycles. The molecule has 4 heteroatoms. The molecular weight excluding hydrogens is 240 g/mol. The molecule has 1 fully saturated rings. The Hall–Kier alpha value is -1.39. The van der Waals surface area contributed by atoms with E-state index < -0.39 is 0 Å². The van der Waals surface area contributed by atoms with Gasteiger partial charge in [0.25, 0.3) is 0 Å². The van der Waals surface area contributed by atoms with Gasteiger partial charge in [-0.3, -0.25) is 4.79 Å². The average Bonchev–Trinajstić information content (AvgIpc) is 2.33. The van der Waals surface area contributed by atoms with Crippen LogP contribution in [0.2, 0.25) is 0 Å². The highest BCUT2D eigenvalue weighted by Crippen LogP contribution is 2.28. The third kappa shape index (κ3) is 2.80. The summed E-state index contributed by atoms with van der Waals surface area (Å²) in [7, 11) is 0. The first kappa shape index (κ1) is 14.0. The lowest BCUT2D eigenvalue weighted by Crippen LogP contribution is -2.65. The van der Waals surface area contributed by atoms with E-state index in [1.54, 1.807) is 0 Å². The van der Waals surface area contributed by atoms with Crippen LogP contribution in [0.4, 0.5) is 5.69 Å². The van der Waals surface area contributed by atoms with E-state index in [9.17, 15) is 4.79 Å². The van der Waals surface area contributed by atoms with Crippen molar-refractivity contribution in [3.8, 4) is 0 Å². The fourth-order valence-electron chi connectivity index (χ4n) is 2.59. The van der Waals surface area contributed by atoms with Gasteiger partial charge in [0.2, 0.25) is 5.91 Å². The molecule has 0 radical (unpaired) electrons. The van der Waals surface area contributed by atoms with Crippen LogP contribution >= 0.6 is 0 Å². The van der Waals surface area contributed by atoms with E-state index in [1.807, 2.05) is 36.1 Å². The number of hydrogen-bond donors (Lipinski definition) is 2. The van der Waals surface area contributed by atoms with Crippen LogP contribution in [0.3, 0.4) is 0 Å². The van der Waals surface area contributed by atoms with Crippen molar-refractivity contribution in [2.24, 2.45) is 0 Å². The summed E-state index contributed by atoms with van der Waals surface area (Å²) in [6.07, 6.45) is 0.456. The second kappa shape index (κ2) is 5.31. The van der Waals surface area contributed by atoms with E-state index in [1.165, 1.54) is 0 Å². The van der Waals surface area contributed by atoms with Gasteiger partial charge in [0.15, 0.2) is 0 Å². The van der Waals surface area contributed by atoms with Gasteiger partial charge in [-0.1, -0.05) is 12.1 Å². The Morgan fingerprint density at radius 3 is 2.84 bits per heavy atom. The van der Waals surface area contributed by atoms with Crippen molar-refractivity contribution in [3.05, 3.63) is 29.8 Å². The summed E-state index contributed by atoms with van der Waals surface area (Å²) in [5.74, 6) is 0.0379. The van der Waals surface area contributed by atoms with E-state index >= 15 is 0 Å². The fourth-order valence-corrected chi connectivity index (χ4v) is 2.59. The molecule has 1 aromatic carbocycles. The number of nitrogens with zero attached hydrogens (tertiary/aromatic N) is 1. The first-order valence-electron chi connectivity index (χ1n) is 6.71. The molecule has 19 heavy (non-hydrogen) atoms. The third-order valence-electron chi connectivity index (χ3n) is 3.58.